The Balaban J connectivity index is 2.32. The maximum absolute atomic E-state index is 11.8. The number of rotatable bonds is 8. The molecule has 0 saturated carbocycles. The minimum atomic E-state index is -0.232. The Hall–Kier alpha value is -2.17. The van der Waals surface area contributed by atoms with E-state index in [1.807, 2.05) is 29.7 Å². The molecular formula is C19H27N3O2. The number of amides is 1. The van der Waals surface area contributed by atoms with Crippen molar-refractivity contribution >= 4 is 22.5 Å². The van der Waals surface area contributed by atoms with Gasteiger partial charge in [-0.2, -0.15) is 0 Å². The first-order chi connectivity index (χ1) is 11.6. The molecule has 1 N–H and O–H groups in total. The SMILES string of the molecule is CCCCCC(=O)N=Nc1c(O)n(CCCC)c2ccc(C)cc12. The van der Waals surface area contributed by atoms with Crippen LogP contribution in [0.15, 0.2) is 28.4 Å². The summed E-state index contributed by atoms with van der Waals surface area (Å²) in [4.78, 5) is 11.8. The average molecular weight is 329 g/mol. The van der Waals surface area contributed by atoms with Crippen LogP contribution in [0.4, 0.5) is 5.69 Å². The summed E-state index contributed by atoms with van der Waals surface area (Å²) in [5.41, 5.74) is 2.41. The molecule has 0 aliphatic heterocycles. The van der Waals surface area contributed by atoms with Crippen molar-refractivity contribution < 1.29 is 9.90 Å². The second-order valence-corrected chi connectivity index (χ2v) is 6.25. The lowest BCUT2D eigenvalue weighted by atomic mass is 10.1. The quantitative estimate of drug-likeness (QED) is 0.502. The monoisotopic (exact) mass is 329 g/mol. The van der Waals surface area contributed by atoms with Gasteiger partial charge in [-0.15, -0.1) is 10.2 Å². The summed E-state index contributed by atoms with van der Waals surface area (Å²) in [5, 5.41) is 19.3. The number of carbonyl (C=O) groups excluding carboxylic acids is 1. The molecule has 0 aliphatic carbocycles. The van der Waals surface area contributed by atoms with E-state index in [1.54, 1.807) is 0 Å². The van der Waals surface area contributed by atoms with E-state index < -0.39 is 0 Å². The molecule has 1 amide bonds. The fraction of sp³-hybridized carbons (Fsp3) is 0.526. The first kappa shape index (κ1) is 18.2. The number of unbranched alkanes of at least 4 members (excludes halogenated alkanes) is 3. The molecule has 5 heteroatoms. The Morgan fingerprint density at radius 1 is 1.17 bits per heavy atom. The minimum absolute atomic E-state index is 0.0918. The van der Waals surface area contributed by atoms with Crippen molar-refractivity contribution in [3.05, 3.63) is 23.8 Å². The highest BCUT2D eigenvalue weighted by molar-refractivity contribution is 5.95. The molecule has 24 heavy (non-hydrogen) atoms. The van der Waals surface area contributed by atoms with Crippen molar-refractivity contribution in [2.45, 2.75) is 65.8 Å². The van der Waals surface area contributed by atoms with Crippen LogP contribution in [0.5, 0.6) is 5.88 Å². The summed E-state index contributed by atoms with van der Waals surface area (Å²) in [6.07, 6.45) is 5.33. The molecule has 0 spiro atoms. The summed E-state index contributed by atoms with van der Waals surface area (Å²) >= 11 is 0. The molecule has 0 bridgehead atoms. The molecule has 0 aliphatic rings. The Labute approximate surface area is 143 Å². The number of hydrogen-bond acceptors (Lipinski definition) is 3. The highest BCUT2D eigenvalue weighted by atomic mass is 16.3. The predicted octanol–water partition coefficient (Wildman–Crippen LogP) is 5.65. The molecule has 0 saturated heterocycles. The number of nitrogens with zero attached hydrogens (tertiary/aromatic N) is 3. The standard InChI is InChI=1S/C19H27N3O2/c1-4-6-8-9-17(23)20-21-18-15-13-14(3)10-11-16(15)22(19(18)24)12-7-5-2/h10-11,13,24H,4-9,12H2,1-3H3. The topological polar surface area (TPSA) is 66.9 Å². The smallest absolute Gasteiger partial charge is 0.264 e. The molecule has 2 rings (SSSR count). The normalized spacial score (nSPS) is 11.6. The van der Waals surface area contributed by atoms with E-state index in [1.165, 1.54) is 0 Å². The van der Waals surface area contributed by atoms with Crippen LogP contribution in [0.1, 0.15) is 57.9 Å². The van der Waals surface area contributed by atoms with Gasteiger partial charge in [0.2, 0.25) is 5.88 Å². The number of carbonyl (C=O) groups is 1. The molecule has 5 nitrogen and oxygen atoms in total. The zero-order chi connectivity index (χ0) is 17.5. The molecular weight excluding hydrogens is 302 g/mol. The zero-order valence-electron chi connectivity index (χ0n) is 14.9. The highest BCUT2D eigenvalue weighted by Gasteiger charge is 2.16. The van der Waals surface area contributed by atoms with Gasteiger partial charge in [0.25, 0.3) is 5.91 Å². The van der Waals surface area contributed by atoms with Gasteiger partial charge in [0.1, 0.15) is 0 Å². The van der Waals surface area contributed by atoms with Crippen LogP contribution in [0.2, 0.25) is 0 Å². The Kier molecular flexibility index (Phi) is 6.53. The van der Waals surface area contributed by atoms with Crippen LogP contribution in [-0.2, 0) is 11.3 Å². The van der Waals surface area contributed by atoms with Crippen LogP contribution in [-0.4, -0.2) is 15.6 Å². The Morgan fingerprint density at radius 3 is 2.62 bits per heavy atom. The molecule has 1 heterocycles. The molecule has 0 atom stereocenters. The molecule has 0 fully saturated rings. The fourth-order valence-corrected chi connectivity index (χ4v) is 2.76. The molecule has 1 aromatic carbocycles. The van der Waals surface area contributed by atoms with Crippen molar-refractivity contribution in [3.63, 3.8) is 0 Å². The summed E-state index contributed by atoms with van der Waals surface area (Å²) in [5.74, 6) is -0.140. The van der Waals surface area contributed by atoms with Gasteiger partial charge in [-0.3, -0.25) is 4.79 Å². The molecule has 130 valence electrons. The van der Waals surface area contributed by atoms with Crippen LogP contribution in [0, 0.1) is 6.92 Å². The van der Waals surface area contributed by atoms with Crippen LogP contribution >= 0.6 is 0 Å². The third-order valence-corrected chi connectivity index (χ3v) is 4.16. The summed E-state index contributed by atoms with van der Waals surface area (Å²) in [6.45, 7) is 6.93. The number of fused-ring (bicyclic) bond motifs is 1. The molecule has 0 radical (unpaired) electrons. The summed E-state index contributed by atoms with van der Waals surface area (Å²) < 4.78 is 1.86. The van der Waals surface area contributed by atoms with Gasteiger partial charge < -0.3 is 9.67 Å². The van der Waals surface area contributed by atoms with Crippen molar-refractivity contribution in [1.82, 2.24) is 4.57 Å². The first-order valence-corrected chi connectivity index (χ1v) is 8.84. The lowest BCUT2D eigenvalue weighted by Crippen LogP contribution is -1.96. The number of benzene rings is 1. The maximum Gasteiger partial charge on any atom is 0.264 e. The Bertz CT molecular complexity index is 732. The fourth-order valence-electron chi connectivity index (χ4n) is 2.76. The van der Waals surface area contributed by atoms with Crippen LogP contribution < -0.4 is 0 Å². The van der Waals surface area contributed by atoms with Crippen molar-refractivity contribution in [1.29, 1.82) is 0 Å². The van der Waals surface area contributed by atoms with E-state index in [0.717, 1.165) is 55.1 Å². The van der Waals surface area contributed by atoms with Crippen molar-refractivity contribution in [2.24, 2.45) is 10.2 Å². The molecule has 1 aromatic heterocycles. The zero-order valence-corrected chi connectivity index (χ0v) is 14.9. The van der Waals surface area contributed by atoms with E-state index >= 15 is 0 Å². The predicted molar refractivity (Wildman–Crippen MR) is 96.9 cm³/mol. The van der Waals surface area contributed by atoms with Gasteiger partial charge >= 0.3 is 0 Å². The average Bonchev–Trinajstić information content (AvgIpc) is 2.82. The van der Waals surface area contributed by atoms with Gasteiger partial charge in [0.05, 0.1) is 5.52 Å². The second kappa shape index (κ2) is 8.62. The minimum Gasteiger partial charge on any atom is -0.493 e. The lowest BCUT2D eigenvalue weighted by molar-refractivity contribution is -0.118. The number of aryl methyl sites for hydroxylation is 2. The van der Waals surface area contributed by atoms with Gasteiger partial charge in [-0.25, -0.2) is 0 Å². The van der Waals surface area contributed by atoms with Gasteiger partial charge in [0.15, 0.2) is 5.69 Å². The van der Waals surface area contributed by atoms with Crippen molar-refractivity contribution in [3.8, 4) is 5.88 Å². The third-order valence-electron chi connectivity index (χ3n) is 4.16. The summed E-state index contributed by atoms with van der Waals surface area (Å²) in [6, 6.07) is 5.98. The van der Waals surface area contributed by atoms with E-state index in [0.29, 0.717) is 12.1 Å². The van der Waals surface area contributed by atoms with E-state index in [-0.39, 0.29) is 11.8 Å². The largest absolute Gasteiger partial charge is 0.493 e. The Morgan fingerprint density at radius 2 is 1.92 bits per heavy atom. The van der Waals surface area contributed by atoms with Crippen LogP contribution in [0.25, 0.3) is 10.9 Å². The number of aromatic nitrogens is 1. The lowest BCUT2D eigenvalue weighted by Gasteiger charge is -2.05. The van der Waals surface area contributed by atoms with Gasteiger partial charge in [-0.05, 0) is 31.9 Å². The maximum atomic E-state index is 11.8. The number of aromatic hydroxyl groups is 1. The van der Waals surface area contributed by atoms with E-state index in [4.69, 9.17) is 0 Å². The summed E-state index contributed by atoms with van der Waals surface area (Å²) in [7, 11) is 0. The van der Waals surface area contributed by atoms with E-state index in [2.05, 4.69) is 24.1 Å². The van der Waals surface area contributed by atoms with Crippen molar-refractivity contribution in [2.75, 3.05) is 0 Å². The van der Waals surface area contributed by atoms with E-state index in [9.17, 15) is 9.90 Å². The first-order valence-electron chi connectivity index (χ1n) is 8.84. The number of azo groups is 1. The third kappa shape index (κ3) is 4.22. The number of hydrogen-bond donors (Lipinski definition) is 1. The molecule has 2 aromatic rings. The van der Waals surface area contributed by atoms with Gasteiger partial charge in [0, 0.05) is 18.4 Å². The second-order valence-electron chi connectivity index (χ2n) is 6.25. The molecule has 0 unspecified atom stereocenters. The van der Waals surface area contributed by atoms with Crippen LogP contribution in [0.3, 0.4) is 0 Å². The van der Waals surface area contributed by atoms with Gasteiger partial charge in [-0.1, -0.05) is 44.7 Å². The highest BCUT2D eigenvalue weighted by Crippen LogP contribution is 2.39.